The summed E-state index contributed by atoms with van der Waals surface area (Å²) >= 11 is 0. The molecular formula is C11H15N. The van der Waals surface area contributed by atoms with Crippen molar-refractivity contribution in [3.63, 3.8) is 0 Å². The Labute approximate surface area is 73.6 Å². The van der Waals surface area contributed by atoms with Crippen molar-refractivity contribution in [2.24, 2.45) is 5.92 Å². The smallest absolute Gasteiger partial charge is 0.0346 e. The molecule has 0 atom stereocenters. The van der Waals surface area contributed by atoms with Crippen LogP contribution in [0, 0.1) is 5.92 Å². The quantitative estimate of drug-likeness (QED) is 0.663. The van der Waals surface area contributed by atoms with Crippen molar-refractivity contribution in [3.05, 3.63) is 29.8 Å². The summed E-state index contributed by atoms with van der Waals surface area (Å²) < 4.78 is 0. The van der Waals surface area contributed by atoms with E-state index in [0.717, 1.165) is 11.6 Å². The molecule has 0 amide bonds. The summed E-state index contributed by atoms with van der Waals surface area (Å²) in [5, 5.41) is 0. The Hall–Kier alpha value is -0.980. The minimum Gasteiger partial charge on any atom is -0.399 e. The van der Waals surface area contributed by atoms with Gasteiger partial charge in [0.2, 0.25) is 0 Å². The number of nitrogen functional groups attached to an aromatic ring is 1. The maximum atomic E-state index is 5.85. The summed E-state index contributed by atoms with van der Waals surface area (Å²) in [4.78, 5) is 0. The Kier molecular flexibility index (Phi) is 2.03. The number of rotatable bonds is 2. The molecule has 64 valence electrons. The lowest BCUT2D eigenvalue weighted by atomic mass is 9.81. The Morgan fingerprint density at radius 3 is 2.58 bits per heavy atom. The molecule has 2 rings (SSSR count). The van der Waals surface area contributed by atoms with E-state index in [1.54, 1.807) is 0 Å². The van der Waals surface area contributed by atoms with Crippen LogP contribution >= 0.6 is 0 Å². The third-order valence-corrected chi connectivity index (χ3v) is 2.79. The van der Waals surface area contributed by atoms with Gasteiger partial charge in [-0.3, -0.25) is 0 Å². The molecule has 1 aromatic rings. The zero-order chi connectivity index (χ0) is 8.39. The minimum absolute atomic E-state index is 0.912. The fraction of sp³-hybridized carbons (Fsp3) is 0.455. The van der Waals surface area contributed by atoms with E-state index in [9.17, 15) is 0 Å². The summed E-state index contributed by atoms with van der Waals surface area (Å²) in [5.41, 5.74) is 8.15. The first-order valence-electron chi connectivity index (χ1n) is 4.69. The predicted octanol–water partition coefficient (Wildman–Crippen LogP) is 2.61. The Balaban J connectivity index is 2.06. The first-order valence-corrected chi connectivity index (χ1v) is 4.69. The second kappa shape index (κ2) is 3.18. The zero-order valence-electron chi connectivity index (χ0n) is 7.29. The highest BCUT2D eigenvalue weighted by molar-refractivity contribution is 5.46. The molecule has 0 unspecified atom stereocenters. The second-order valence-corrected chi connectivity index (χ2v) is 3.70. The molecule has 0 spiro atoms. The number of nitrogens with two attached hydrogens (primary N) is 1. The predicted molar refractivity (Wildman–Crippen MR) is 51.9 cm³/mol. The van der Waals surface area contributed by atoms with E-state index in [1.165, 1.54) is 31.2 Å². The van der Waals surface area contributed by atoms with E-state index in [0.29, 0.717) is 0 Å². The Morgan fingerprint density at radius 2 is 2.00 bits per heavy atom. The number of hydrogen-bond acceptors (Lipinski definition) is 1. The summed E-state index contributed by atoms with van der Waals surface area (Å²) in [6, 6.07) is 8.21. The van der Waals surface area contributed by atoms with Crippen molar-refractivity contribution < 1.29 is 0 Å². The van der Waals surface area contributed by atoms with Crippen LogP contribution in [0.5, 0.6) is 0 Å². The molecule has 0 aromatic heterocycles. The lowest BCUT2D eigenvalue weighted by molar-refractivity contribution is 0.315. The highest BCUT2D eigenvalue weighted by Gasteiger charge is 2.18. The molecule has 0 bridgehead atoms. The lowest BCUT2D eigenvalue weighted by Crippen LogP contribution is -2.14. The van der Waals surface area contributed by atoms with Gasteiger partial charge in [-0.1, -0.05) is 37.5 Å². The van der Waals surface area contributed by atoms with Crippen LogP contribution in [0.3, 0.4) is 0 Å². The van der Waals surface area contributed by atoms with Crippen molar-refractivity contribution in [2.75, 3.05) is 5.73 Å². The van der Waals surface area contributed by atoms with Crippen LogP contribution in [0.4, 0.5) is 5.69 Å². The summed E-state index contributed by atoms with van der Waals surface area (Å²) in [5.74, 6) is 0.912. The van der Waals surface area contributed by atoms with E-state index >= 15 is 0 Å². The van der Waals surface area contributed by atoms with Crippen molar-refractivity contribution in [1.82, 2.24) is 0 Å². The van der Waals surface area contributed by atoms with Crippen molar-refractivity contribution in [2.45, 2.75) is 25.7 Å². The second-order valence-electron chi connectivity index (χ2n) is 3.70. The van der Waals surface area contributed by atoms with Crippen molar-refractivity contribution in [1.29, 1.82) is 0 Å². The highest BCUT2D eigenvalue weighted by atomic mass is 14.6. The van der Waals surface area contributed by atoms with Gasteiger partial charge in [0.15, 0.2) is 0 Å². The third kappa shape index (κ3) is 1.45. The maximum absolute atomic E-state index is 5.85. The largest absolute Gasteiger partial charge is 0.399 e. The standard InChI is InChI=1S/C11H15N/c12-11-7-2-1-6-10(11)8-9-4-3-5-9/h1-2,6-7,9H,3-5,8,12H2. The summed E-state index contributed by atoms with van der Waals surface area (Å²) in [6.07, 6.45) is 5.40. The van der Waals surface area contributed by atoms with Gasteiger partial charge in [0.1, 0.15) is 0 Å². The molecule has 1 nitrogen and oxygen atoms in total. The van der Waals surface area contributed by atoms with Gasteiger partial charge in [0.05, 0.1) is 0 Å². The Bertz CT molecular complexity index is 263. The summed E-state index contributed by atoms with van der Waals surface area (Å²) in [6.45, 7) is 0. The van der Waals surface area contributed by atoms with Gasteiger partial charge in [-0.2, -0.15) is 0 Å². The van der Waals surface area contributed by atoms with E-state index < -0.39 is 0 Å². The van der Waals surface area contributed by atoms with Crippen LogP contribution < -0.4 is 5.73 Å². The van der Waals surface area contributed by atoms with Crippen LogP contribution in [0.2, 0.25) is 0 Å². The molecule has 1 heteroatoms. The topological polar surface area (TPSA) is 26.0 Å². The maximum Gasteiger partial charge on any atom is 0.0346 e. The molecular weight excluding hydrogens is 146 g/mol. The van der Waals surface area contributed by atoms with Crippen LogP contribution in [0.25, 0.3) is 0 Å². The normalized spacial score (nSPS) is 17.3. The zero-order valence-corrected chi connectivity index (χ0v) is 7.29. The molecule has 2 N–H and O–H groups in total. The molecule has 0 aliphatic heterocycles. The van der Waals surface area contributed by atoms with E-state index in [4.69, 9.17) is 5.73 Å². The number of hydrogen-bond donors (Lipinski definition) is 1. The average Bonchev–Trinajstić information content (AvgIpc) is 2.00. The fourth-order valence-corrected chi connectivity index (χ4v) is 1.73. The molecule has 0 saturated heterocycles. The first kappa shape index (κ1) is 7.66. The average molecular weight is 161 g/mol. The van der Waals surface area contributed by atoms with Crippen LogP contribution in [0.1, 0.15) is 24.8 Å². The van der Waals surface area contributed by atoms with Gasteiger partial charge in [-0.25, -0.2) is 0 Å². The van der Waals surface area contributed by atoms with Gasteiger partial charge < -0.3 is 5.73 Å². The minimum atomic E-state index is 0.912. The third-order valence-electron chi connectivity index (χ3n) is 2.79. The SMILES string of the molecule is Nc1ccccc1CC1CCC1. The van der Waals surface area contributed by atoms with E-state index in [2.05, 4.69) is 12.1 Å². The molecule has 0 radical (unpaired) electrons. The molecule has 1 fully saturated rings. The van der Waals surface area contributed by atoms with Gasteiger partial charge >= 0.3 is 0 Å². The molecule has 12 heavy (non-hydrogen) atoms. The Morgan fingerprint density at radius 1 is 1.25 bits per heavy atom. The fourth-order valence-electron chi connectivity index (χ4n) is 1.73. The van der Waals surface area contributed by atoms with Gasteiger partial charge in [-0.15, -0.1) is 0 Å². The molecule has 1 aromatic carbocycles. The van der Waals surface area contributed by atoms with Crippen LogP contribution in [-0.2, 0) is 6.42 Å². The molecule has 1 aliphatic rings. The molecule has 1 saturated carbocycles. The van der Waals surface area contributed by atoms with Crippen molar-refractivity contribution in [3.8, 4) is 0 Å². The number of para-hydroxylation sites is 1. The highest BCUT2D eigenvalue weighted by Crippen LogP contribution is 2.30. The number of anilines is 1. The monoisotopic (exact) mass is 161 g/mol. The van der Waals surface area contributed by atoms with Crippen LogP contribution in [0.15, 0.2) is 24.3 Å². The van der Waals surface area contributed by atoms with E-state index in [-0.39, 0.29) is 0 Å². The molecule has 0 heterocycles. The van der Waals surface area contributed by atoms with Gasteiger partial charge in [0.25, 0.3) is 0 Å². The van der Waals surface area contributed by atoms with E-state index in [1.807, 2.05) is 12.1 Å². The van der Waals surface area contributed by atoms with Gasteiger partial charge in [-0.05, 0) is 24.0 Å². The summed E-state index contributed by atoms with van der Waals surface area (Å²) in [7, 11) is 0. The first-order chi connectivity index (χ1) is 5.86. The van der Waals surface area contributed by atoms with Gasteiger partial charge in [0, 0.05) is 5.69 Å². The number of benzene rings is 1. The van der Waals surface area contributed by atoms with Crippen molar-refractivity contribution >= 4 is 5.69 Å². The molecule has 1 aliphatic carbocycles. The van der Waals surface area contributed by atoms with Crippen LogP contribution in [-0.4, -0.2) is 0 Å². The lowest BCUT2D eigenvalue weighted by Gasteiger charge is -2.25.